The first-order valence-electron chi connectivity index (χ1n) is 5.72. The molecule has 0 saturated carbocycles. The second-order valence-corrected chi connectivity index (χ2v) is 4.80. The van der Waals surface area contributed by atoms with Crippen molar-refractivity contribution in [3.63, 3.8) is 0 Å². The zero-order valence-corrected chi connectivity index (χ0v) is 11.9. The fourth-order valence-electron chi connectivity index (χ4n) is 1.53. The fraction of sp³-hybridized carbons (Fsp3) is 0.0714. The number of aliphatic imine (C=N–C) groups is 1. The standard InChI is InChI=1S/C14H9Cl2F2NO2/c15-9-1-3-12(20)8(5-9)7-19-10-2-4-13(11(16)6-10)21-14(17)18/h1-7,14,20H. The minimum Gasteiger partial charge on any atom is -0.507 e. The van der Waals surface area contributed by atoms with Gasteiger partial charge in [-0.2, -0.15) is 8.78 Å². The first-order valence-corrected chi connectivity index (χ1v) is 6.48. The van der Waals surface area contributed by atoms with E-state index in [1.165, 1.54) is 36.5 Å². The van der Waals surface area contributed by atoms with E-state index in [-0.39, 0.29) is 16.5 Å². The summed E-state index contributed by atoms with van der Waals surface area (Å²) < 4.78 is 28.4. The Hall–Kier alpha value is -1.85. The fourth-order valence-corrected chi connectivity index (χ4v) is 1.93. The van der Waals surface area contributed by atoms with Gasteiger partial charge >= 0.3 is 6.61 Å². The number of hydrogen-bond donors (Lipinski definition) is 1. The lowest BCUT2D eigenvalue weighted by molar-refractivity contribution is -0.0497. The predicted octanol–water partition coefficient (Wildman–Crippen LogP) is 5.05. The summed E-state index contributed by atoms with van der Waals surface area (Å²) in [7, 11) is 0. The molecule has 21 heavy (non-hydrogen) atoms. The maximum Gasteiger partial charge on any atom is 0.387 e. The van der Waals surface area contributed by atoms with Crippen LogP contribution >= 0.6 is 23.2 Å². The van der Waals surface area contributed by atoms with Gasteiger partial charge in [-0.3, -0.25) is 4.99 Å². The molecule has 0 atom stereocenters. The van der Waals surface area contributed by atoms with E-state index in [1.54, 1.807) is 6.07 Å². The summed E-state index contributed by atoms with van der Waals surface area (Å²) in [5.74, 6) is -0.108. The lowest BCUT2D eigenvalue weighted by Gasteiger charge is -2.06. The first kappa shape index (κ1) is 15.5. The van der Waals surface area contributed by atoms with Crippen molar-refractivity contribution in [3.8, 4) is 11.5 Å². The van der Waals surface area contributed by atoms with Gasteiger partial charge in [-0.15, -0.1) is 0 Å². The van der Waals surface area contributed by atoms with Crippen LogP contribution in [-0.4, -0.2) is 17.9 Å². The van der Waals surface area contributed by atoms with Crippen LogP contribution in [0.5, 0.6) is 11.5 Å². The Morgan fingerprint density at radius 1 is 1.14 bits per heavy atom. The third-order valence-corrected chi connectivity index (χ3v) is 3.00. The normalized spacial score (nSPS) is 11.3. The number of phenols is 1. The highest BCUT2D eigenvalue weighted by atomic mass is 35.5. The van der Waals surface area contributed by atoms with Crippen molar-refractivity contribution >= 4 is 35.1 Å². The van der Waals surface area contributed by atoms with Crippen molar-refractivity contribution in [1.82, 2.24) is 0 Å². The van der Waals surface area contributed by atoms with E-state index in [0.717, 1.165) is 0 Å². The van der Waals surface area contributed by atoms with E-state index in [1.807, 2.05) is 0 Å². The maximum absolute atomic E-state index is 12.1. The Morgan fingerprint density at radius 3 is 2.57 bits per heavy atom. The van der Waals surface area contributed by atoms with Gasteiger partial charge in [0.1, 0.15) is 11.5 Å². The highest BCUT2D eigenvalue weighted by molar-refractivity contribution is 6.32. The maximum atomic E-state index is 12.1. The Morgan fingerprint density at radius 2 is 1.90 bits per heavy atom. The average Bonchev–Trinajstić information content (AvgIpc) is 2.42. The summed E-state index contributed by atoms with van der Waals surface area (Å²) in [5.41, 5.74) is 0.840. The molecule has 0 fully saturated rings. The molecule has 1 N–H and O–H groups in total. The monoisotopic (exact) mass is 331 g/mol. The highest BCUT2D eigenvalue weighted by Crippen LogP contribution is 2.30. The van der Waals surface area contributed by atoms with Crippen LogP contribution in [0.1, 0.15) is 5.56 Å². The number of nitrogens with zero attached hydrogens (tertiary/aromatic N) is 1. The SMILES string of the molecule is Oc1ccc(Cl)cc1C=Nc1ccc(OC(F)F)c(Cl)c1. The Labute approximate surface area is 129 Å². The molecular weight excluding hydrogens is 323 g/mol. The van der Waals surface area contributed by atoms with Crippen LogP contribution in [0.25, 0.3) is 0 Å². The molecule has 0 amide bonds. The lowest BCUT2D eigenvalue weighted by atomic mass is 10.2. The molecule has 0 spiro atoms. The topological polar surface area (TPSA) is 41.8 Å². The van der Waals surface area contributed by atoms with Crippen LogP contribution in [0.2, 0.25) is 10.0 Å². The Kier molecular flexibility index (Phi) is 4.98. The highest BCUT2D eigenvalue weighted by Gasteiger charge is 2.08. The molecule has 110 valence electrons. The summed E-state index contributed by atoms with van der Waals surface area (Å²) in [6, 6.07) is 8.64. The summed E-state index contributed by atoms with van der Waals surface area (Å²) in [6.45, 7) is -2.94. The summed E-state index contributed by atoms with van der Waals surface area (Å²) >= 11 is 11.6. The van der Waals surface area contributed by atoms with Gasteiger partial charge in [-0.05, 0) is 36.4 Å². The number of benzene rings is 2. The molecule has 0 aromatic heterocycles. The zero-order chi connectivity index (χ0) is 15.4. The third kappa shape index (κ3) is 4.31. The number of aromatic hydroxyl groups is 1. The first-order chi connectivity index (χ1) is 9.95. The summed E-state index contributed by atoms with van der Waals surface area (Å²) in [4.78, 5) is 4.09. The van der Waals surface area contributed by atoms with Gasteiger partial charge in [0.25, 0.3) is 0 Å². The van der Waals surface area contributed by atoms with E-state index in [2.05, 4.69) is 9.73 Å². The quantitative estimate of drug-likeness (QED) is 0.796. The predicted molar refractivity (Wildman–Crippen MR) is 78.5 cm³/mol. The number of alkyl halides is 2. The molecule has 2 rings (SSSR count). The smallest absolute Gasteiger partial charge is 0.387 e. The number of hydrogen-bond acceptors (Lipinski definition) is 3. The molecular formula is C14H9Cl2F2NO2. The largest absolute Gasteiger partial charge is 0.507 e. The van der Waals surface area contributed by atoms with Crippen molar-refractivity contribution < 1.29 is 18.6 Å². The Bertz CT molecular complexity index is 678. The van der Waals surface area contributed by atoms with Crippen LogP contribution < -0.4 is 4.74 Å². The van der Waals surface area contributed by atoms with E-state index in [9.17, 15) is 13.9 Å². The third-order valence-electron chi connectivity index (χ3n) is 2.47. The van der Waals surface area contributed by atoms with E-state index < -0.39 is 6.61 Å². The van der Waals surface area contributed by atoms with Crippen LogP contribution in [0.4, 0.5) is 14.5 Å². The number of halogens is 4. The van der Waals surface area contributed by atoms with Gasteiger partial charge in [0.15, 0.2) is 0 Å². The van der Waals surface area contributed by atoms with Crippen molar-refractivity contribution in [2.75, 3.05) is 0 Å². The summed E-state index contributed by atoms with van der Waals surface area (Å²) in [6.07, 6.45) is 1.39. The number of phenolic OH excluding ortho intramolecular Hbond substituents is 1. The lowest BCUT2D eigenvalue weighted by Crippen LogP contribution is -2.01. The molecule has 2 aromatic carbocycles. The molecule has 0 aliphatic rings. The van der Waals surface area contributed by atoms with Gasteiger partial charge in [0.2, 0.25) is 0 Å². The molecule has 0 aliphatic carbocycles. The van der Waals surface area contributed by atoms with Gasteiger partial charge in [0.05, 0.1) is 10.7 Å². The van der Waals surface area contributed by atoms with E-state index in [0.29, 0.717) is 16.3 Å². The average molecular weight is 332 g/mol. The Balaban J connectivity index is 2.21. The van der Waals surface area contributed by atoms with Crippen LogP contribution in [0.15, 0.2) is 41.4 Å². The minimum atomic E-state index is -2.94. The van der Waals surface area contributed by atoms with Gasteiger partial charge in [0, 0.05) is 16.8 Å². The second kappa shape index (κ2) is 6.74. The molecule has 0 aliphatic heterocycles. The van der Waals surface area contributed by atoms with Gasteiger partial charge in [-0.1, -0.05) is 23.2 Å². The molecule has 7 heteroatoms. The van der Waals surface area contributed by atoms with Crippen molar-refractivity contribution in [2.45, 2.75) is 6.61 Å². The van der Waals surface area contributed by atoms with Gasteiger partial charge < -0.3 is 9.84 Å². The molecule has 0 radical (unpaired) electrons. The van der Waals surface area contributed by atoms with Crippen LogP contribution in [0, 0.1) is 0 Å². The molecule has 0 bridgehead atoms. The van der Waals surface area contributed by atoms with Crippen molar-refractivity contribution in [2.24, 2.45) is 4.99 Å². The molecule has 0 heterocycles. The second-order valence-electron chi connectivity index (χ2n) is 3.95. The van der Waals surface area contributed by atoms with Gasteiger partial charge in [-0.25, -0.2) is 0 Å². The summed E-state index contributed by atoms with van der Waals surface area (Å²) in [5, 5.41) is 10.1. The number of ether oxygens (including phenoxy) is 1. The van der Waals surface area contributed by atoms with Crippen LogP contribution in [0.3, 0.4) is 0 Å². The zero-order valence-electron chi connectivity index (χ0n) is 10.4. The van der Waals surface area contributed by atoms with E-state index >= 15 is 0 Å². The van der Waals surface area contributed by atoms with Crippen LogP contribution in [-0.2, 0) is 0 Å². The minimum absolute atomic E-state index is 0.0141. The van der Waals surface area contributed by atoms with E-state index in [4.69, 9.17) is 23.2 Å². The molecule has 3 nitrogen and oxygen atoms in total. The van der Waals surface area contributed by atoms with Crippen molar-refractivity contribution in [1.29, 1.82) is 0 Å². The molecule has 0 saturated heterocycles. The molecule has 0 unspecified atom stereocenters. The van der Waals surface area contributed by atoms with Crippen molar-refractivity contribution in [3.05, 3.63) is 52.0 Å². The number of rotatable bonds is 4. The molecule has 2 aromatic rings.